The molecule has 0 bridgehead atoms. The van der Waals surface area contributed by atoms with Gasteiger partial charge in [0.25, 0.3) is 5.91 Å². The lowest BCUT2D eigenvalue weighted by atomic mass is 9.92. The van der Waals surface area contributed by atoms with Crippen LogP contribution in [0.15, 0.2) is 6.07 Å². The molecule has 1 aliphatic carbocycles. The van der Waals surface area contributed by atoms with Gasteiger partial charge in [0.15, 0.2) is 0 Å². The van der Waals surface area contributed by atoms with Crippen LogP contribution >= 0.6 is 0 Å². The average molecular weight is 291 g/mol. The molecule has 6 heteroatoms. The third-order valence-corrected chi connectivity index (χ3v) is 4.29. The van der Waals surface area contributed by atoms with Crippen molar-refractivity contribution in [2.45, 2.75) is 51.5 Å². The number of carbonyl (C=O) groups is 2. The molecule has 1 heterocycles. The second-order valence-electron chi connectivity index (χ2n) is 5.43. The molecule has 4 N–H and O–H groups in total. The molecule has 0 spiro atoms. The Balaban J connectivity index is 2.47. The van der Waals surface area contributed by atoms with Crippen LogP contribution in [0.1, 0.15) is 54.7 Å². The van der Waals surface area contributed by atoms with E-state index < -0.39 is 17.4 Å². The number of primary amides is 1. The summed E-state index contributed by atoms with van der Waals surface area (Å²) in [6.07, 6.45) is 3.50. The van der Waals surface area contributed by atoms with Crippen molar-refractivity contribution in [2.75, 3.05) is 5.32 Å². The van der Waals surface area contributed by atoms with Gasteiger partial charge in [-0.05, 0) is 43.7 Å². The maximum atomic E-state index is 11.6. The zero-order valence-corrected chi connectivity index (χ0v) is 12.4. The van der Waals surface area contributed by atoms with Crippen LogP contribution in [0.25, 0.3) is 0 Å². The highest BCUT2D eigenvalue weighted by molar-refractivity contribution is 5.98. The average Bonchev–Trinajstić information content (AvgIpc) is 2.90. The molecule has 0 saturated carbocycles. The number of hydrogen-bond donors (Lipinski definition) is 3. The van der Waals surface area contributed by atoms with Crippen molar-refractivity contribution in [3.63, 3.8) is 0 Å². The quantitative estimate of drug-likeness (QED) is 0.740. The summed E-state index contributed by atoms with van der Waals surface area (Å²) in [6, 6.07) is 1.75. The van der Waals surface area contributed by atoms with E-state index in [1.807, 2.05) is 0 Å². The molecule has 1 amide bonds. The molecule has 1 aromatic rings. The fraction of sp³-hybridized carbons (Fsp3) is 0.533. The highest BCUT2D eigenvalue weighted by atomic mass is 16.4. The lowest BCUT2D eigenvalue weighted by Crippen LogP contribution is -2.46. The first-order valence-corrected chi connectivity index (χ1v) is 7.27. The van der Waals surface area contributed by atoms with Crippen molar-refractivity contribution in [3.05, 3.63) is 22.9 Å². The molecular weight excluding hydrogens is 270 g/mol. The first-order valence-electron chi connectivity index (χ1n) is 7.27. The summed E-state index contributed by atoms with van der Waals surface area (Å²) in [5.41, 5.74) is 6.51. The third-order valence-electron chi connectivity index (χ3n) is 4.29. The number of amides is 1. The minimum absolute atomic E-state index is 0.267. The van der Waals surface area contributed by atoms with Crippen molar-refractivity contribution < 1.29 is 14.7 Å². The Morgan fingerprint density at radius 2 is 2.05 bits per heavy atom. The monoisotopic (exact) mass is 291 g/mol. The molecule has 0 aliphatic heterocycles. The number of nitrogens with zero attached hydrogens (tertiary/aromatic N) is 1. The van der Waals surface area contributed by atoms with Crippen molar-refractivity contribution in [1.29, 1.82) is 0 Å². The smallest absolute Gasteiger partial charge is 0.329 e. The number of aliphatic carboxylic acids is 1. The van der Waals surface area contributed by atoms with Crippen molar-refractivity contribution in [1.82, 2.24) is 4.98 Å². The molecule has 0 radical (unpaired) electrons. The van der Waals surface area contributed by atoms with Gasteiger partial charge in [0, 0.05) is 5.69 Å². The lowest BCUT2D eigenvalue weighted by Gasteiger charge is -2.29. The molecule has 0 aromatic carbocycles. The number of hydrogen-bond acceptors (Lipinski definition) is 4. The first-order chi connectivity index (χ1) is 9.93. The van der Waals surface area contributed by atoms with E-state index in [0.29, 0.717) is 12.8 Å². The Kier molecular flexibility index (Phi) is 4.16. The Morgan fingerprint density at radius 3 is 2.57 bits per heavy atom. The number of rotatable bonds is 6. The Labute approximate surface area is 123 Å². The van der Waals surface area contributed by atoms with Gasteiger partial charge in [-0.2, -0.15) is 0 Å². The van der Waals surface area contributed by atoms with Gasteiger partial charge < -0.3 is 16.2 Å². The first kappa shape index (κ1) is 15.3. The van der Waals surface area contributed by atoms with Gasteiger partial charge in [0.05, 0.1) is 5.56 Å². The van der Waals surface area contributed by atoms with Crippen LogP contribution < -0.4 is 11.1 Å². The fourth-order valence-electron chi connectivity index (χ4n) is 2.76. The highest BCUT2D eigenvalue weighted by Crippen LogP contribution is 2.29. The summed E-state index contributed by atoms with van der Waals surface area (Å²) in [7, 11) is 0. The van der Waals surface area contributed by atoms with Crippen molar-refractivity contribution in [3.8, 4) is 0 Å². The Hall–Kier alpha value is -2.11. The van der Waals surface area contributed by atoms with Gasteiger partial charge in [-0.3, -0.25) is 4.79 Å². The molecule has 1 aliphatic rings. The number of carboxylic acid groups (broad SMARTS) is 1. The summed E-state index contributed by atoms with van der Waals surface area (Å²) in [4.78, 5) is 27.7. The summed E-state index contributed by atoms with van der Waals surface area (Å²) in [5, 5.41) is 12.5. The number of pyridine rings is 1. The number of aryl methyl sites for hydroxylation is 2. The maximum absolute atomic E-state index is 11.6. The minimum atomic E-state index is -1.13. The van der Waals surface area contributed by atoms with Crippen LogP contribution in [0.4, 0.5) is 5.82 Å². The van der Waals surface area contributed by atoms with Crippen LogP contribution in [0, 0.1) is 0 Å². The second kappa shape index (κ2) is 5.71. The Bertz CT molecular complexity index is 580. The van der Waals surface area contributed by atoms with Gasteiger partial charge in [-0.15, -0.1) is 0 Å². The van der Waals surface area contributed by atoms with Gasteiger partial charge in [0.2, 0.25) is 0 Å². The number of aromatic nitrogens is 1. The number of nitrogens with two attached hydrogens (primary N) is 1. The predicted molar refractivity (Wildman–Crippen MR) is 79.4 cm³/mol. The molecule has 21 heavy (non-hydrogen) atoms. The molecule has 0 saturated heterocycles. The number of nitrogens with one attached hydrogen (secondary N) is 1. The largest absolute Gasteiger partial charge is 0.480 e. The third kappa shape index (κ3) is 2.70. The normalized spacial score (nSPS) is 13.8. The van der Waals surface area contributed by atoms with Gasteiger partial charge in [-0.25, -0.2) is 9.78 Å². The molecule has 6 nitrogen and oxygen atoms in total. The number of anilines is 1. The zero-order valence-electron chi connectivity index (χ0n) is 12.4. The minimum Gasteiger partial charge on any atom is -0.480 e. The van der Waals surface area contributed by atoms with Gasteiger partial charge >= 0.3 is 5.97 Å². The van der Waals surface area contributed by atoms with Crippen molar-refractivity contribution >= 4 is 17.7 Å². The van der Waals surface area contributed by atoms with E-state index in [1.54, 1.807) is 19.9 Å². The highest BCUT2D eigenvalue weighted by Gasteiger charge is 2.36. The fourth-order valence-corrected chi connectivity index (χ4v) is 2.76. The Morgan fingerprint density at radius 1 is 1.38 bits per heavy atom. The summed E-state index contributed by atoms with van der Waals surface area (Å²) >= 11 is 0. The van der Waals surface area contributed by atoms with Crippen LogP contribution in [-0.2, 0) is 17.6 Å². The molecule has 2 rings (SSSR count). The molecule has 114 valence electrons. The molecule has 0 atom stereocenters. The van der Waals surface area contributed by atoms with Crippen LogP contribution in [-0.4, -0.2) is 27.5 Å². The molecule has 0 fully saturated rings. The van der Waals surface area contributed by atoms with E-state index in [2.05, 4.69) is 10.3 Å². The van der Waals surface area contributed by atoms with E-state index in [4.69, 9.17) is 5.73 Å². The van der Waals surface area contributed by atoms with Gasteiger partial charge in [-0.1, -0.05) is 13.8 Å². The van der Waals surface area contributed by atoms with Crippen LogP contribution in [0.5, 0.6) is 0 Å². The van der Waals surface area contributed by atoms with E-state index in [9.17, 15) is 14.7 Å². The summed E-state index contributed by atoms with van der Waals surface area (Å²) < 4.78 is 0. The summed E-state index contributed by atoms with van der Waals surface area (Å²) in [6.45, 7) is 3.59. The van der Waals surface area contributed by atoms with Crippen molar-refractivity contribution in [2.24, 2.45) is 5.73 Å². The second-order valence-corrected chi connectivity index (χ2v) is 5.43. The van der Waals surface area contributed by atoms with Crippen LogP contribution in [0.2, 0.25) is 0 Å². The molecule has 0 unspecified atom stereocenters. The van der Waals surface area contributed by atoms with Gasteiger partial charge in [0.1, 0.15) is 11.4 Å². The van der Waals surface area contributed by atoms with E-state index in [1.165, 1.54) is 0 Å². The number of carboxylic acids is 1. The van der Waals surface area contributed by atoms with E-state index in [0.717, 1.165) is 30.5 Å². The standard InChI is InChI=1S/C15H21N3O3/c1-3-15(4-2,14(20)21)18-13-10(12(16)19)8-9-6-5-7-11(9)17-13/h8H,3-7H2,1-2H3,(H2,16,19)(H,17,18)(H,20,21). The lowest BCUT2D eigenvalue weighted by molar-refractivity contribution is -0.142. The van der Waals surface area contributed by atoms with E-state index >= 15 is 0 Å². The molecule has 1 aromatic heterocycles. The SMILES string of the molecule is CCC(CC)(Nc1nc2c(cc1C(N)=O)CCC2)C(=O)O. The topological polar surface area (TPSA) is 105 Å². The predicted octanol–water partition coefficient (Wildman–Crippen LogP) is 1.72. The number of fused-ring (bicyclic) bond motifs is 1. The maximum Gasteiger partial charge on any atom is 0.329 e. The zero-order chi connectivity index (χ0) is 15.6. The van der Waals surface area contributed by atoms with E-state index in [-0.39, 0.29) is 11.4 Å². The van der Waals surface area contributed by atoms with Crippen LogP contribution in [0.3, 0.4) is 0 Å². The summed E-state index contributed by atoms with van der Waals surface area (Å²) in [5.74, 6) is -1.26. The number of carbonyl (C=O) groups excluding carboxylic acids is 1. The molecular formula is C15H21N3O3.